The maximum atomic E-state index is 14.1. The molecule has 1 N–H and O–H groups in total. The Morgan fingerprint density at radius 2 is 1.54 bits per heavy atom. The average Bonchev–Trinajstić information content (AvgIpc) is 3.12. The molecule has 1 amide bonds. The third-order valence-corrected chi connectivity index (χ3v) is 7.56. The van der Waals surface area contributed by atoms with E-state index in [0.717, 1.165) is 33.8 Å². The van der Waals surface area contributed by atoms with Gasteiger partial charge in [0.1, 0.15) is 18.1 Å². The molecule has 4 aromatic rings. The number of hydrogen-bond acceptors (Lipinski definition) is 4. The van der Waals surface area contributed by atoms with Crippen molar-refractivity contribution in [1.82, 2.24) is 0 Å². The normalized spacial score (nSPS) is 20.1. The third-order valence-electron chi connectivity index (χ3n) is 7.56. The molecule has 4 aromatic carbocycles. The van der Waals surface area contributed by atoms with Crippen LogP contribution in [0, 0.1) is 5.92 Å². The lowest BCUT2D eigenvalue weighted by atomic mass is 9.76. The molecule has 3 unspecified atom stereocenters. The highest BCUT2D eigenvalue weighted by Crippen LogP contribution is 2.49. The molecule has 5 nitrogen and oxygen atoms in total. The minimum absolute atomic E-state index is 0.0429. The maximum absolute atomic E-state index is 14.1. The number of amides is 1. The number of nitrogens with zero attached hydrogens (tertiary/aromatic N) is 1. The summed E-state index contributed by atoms with van der Waals surface area (Å²) in [5, 5.41) is 3.56. The number of benzene rings is 4. The number of ketones is 1. The van der Waals surface area contributed by atoms with Crippen LogP contribution in [0.5, 0.6) is 5.75 Å². The zero-order valence-electron chi connectivity index (χ0n) is 21.8. The molecule has 0 fully saturated rings. The van der Waals surface area contributed by atoms with Crippen molar-refractivity contribution in [3.8, 4) is 5.75 Å². The number of ether oxygens (including phenoxy) is 1. The summed E-state index contributed by atoms with van der Waals surface area (Å²) in [7, 11) is 0. The van der Waals surface area contributed by atoms with E-state index in [2.05, 4.69) is 23.5 Å². The van der Waals surface area contributed by atoms with Gasteiger partial charge in [-0.2, -0.15) is 0 Å². The largest absolute Gasteiger partial charge is 0.489 e. The molecule has 0 spiro atoms. The Morgan fingerprint density at radius 1 is 0.872 bits per heavy atom. The lowest BCUT2D eigenvalue weighted by Crippen LogP contribution is -2.41. The molecule has 3 atom stereocenters. The average molecular weight is 515 g/mol. The van der Waals surface area contributed by atoms with Crippen LogP contribution < -0.4 is 15.0 Å². The predicted molar refractivity (Wildman–Crippen MR) is 154 cm³/mol. The molecular formula is C34H30N2O3. The Morgan fingerprint density at radius 3 is 2.31 bits per heavy atom. The lowest BCUT2D eigenvalue weighted by molar-refractivity contribution is -0.123. The van der Waals surface area contributed by atoms with Gasteiger partial charge in [-0.05, 0) is 29.3 Å². The number of carbonyl (C=O) groups is 2. The quantitative estimate of drug-likeness (QED) is 0.310. The topological polar surface area (TPSA) is 58.6 Å². The molecule has 0 bridgehead atoms. The fourth-order valence-electron chi connectivity index (χ4n) is 5.80. The lowest BCUT2D eigenvalue weighted by Gasteiger charge is -2.37. The van der Waals surface area contributed by atoms with Gasteiger partial charge < -0.3 is 15.0 Å². The van der Waals surface area contributed by atoms with E-state index in [9.17, 15) is 9.59 Å². The van der Waals surface area contributed by atoms with Crippen LogP contribution in [0.25, 0.3) is 0 Å². The first-order chi connectivity index (χ1) is 19.1. The van der Waals surface area contributed by atoms with Gasteiger partial charge in [0.15, 0.2) is 0 Å². The van der Waals surface area contributed by atoms with Gasteiger partial charge in [0, 0.05) is 30.5 Å². The van der Waals surface area contributed by atoms with Crippen molar-refractivity contribution in [3.63, 3.8) is 0 Å². The first kappa shape index (κ1) is 24.7. The van der Waals surface area contributed by atoms with Crippen LogP contribution in [0.3, 0.4) is 0 Å². The highest BCUT2D eigenvalue weighted by atomic mass is 16.5. The molecule has 39 heavy (non-hydrogen) atoms. The Bertz CT molecular complexity index is 1530. The van der Waals surface area contributed by atoms with Crippen molar-refractivity contribution in [2.75, 3.05) is 10.2 Å². The van der Waals surface area contributed by atoms with E-state index in [1.54, 1.807) is 11.8 Å². The summed E-state index contributed by atoms with van der Waals surface area (Å²) in [6, 6.07) is 35.0. The first-order valence-electron chi connectivity index (χ1n) is 13.3. The molecular weight excluding hydrogens is 484 g/mol. The van der Waals surface area contributed by atoms with Crippen LogP contribution in [0.15, 0.2) is 121 Å². The number of anilines is 2. The van der Waals surface area contributed by atoms with Gasteiger partial charge in [-0.3, -0.25) is 9.59 Å². The van der Waals surface area contributed by atoms with Crippen molar-refractivity contribution in [2.45, 2.75) is 31.9 Å². The van der Waals surface area contributed by atoms with Crippen molar-refractivity contribution >= 4 is 23.1 Å². The van der Waals surface area contributed by atoms with Crippen LogP contribution in [0.1, 0.15) is 42.0 Å². The van der Waals surface area contributed by atoms with Gasteiger partial charge in [-0.15, -0.1) is 0 Å². The number of hydrogen-bond donors (Lipinski definition) is 1. The number of nitrogens with one attached hydrogen (secondary N) is 1. The molecule has 0 radical (unpaired) electrons. The van der Waals surface area contributed by atoms with E-state index in [-0.39, 0.29) is 17.6 Å². The Balaban J connectivity index is 1.49. The highest BCUT2D eigenvalue weighted by molar-refractivity contribution is 6.00. The summed E-state index contributed by atoms with van der Waals surface area (Å²) in [5.74, 6) is 0.0119. The molecule has 0 saturated heterocycles. The van der Waals surface area contributed by atoms with Crippen LogP contribution >= 0.6 is 0 Å². The summed E-state index contributed by atoms with van der Waals surface area (Å²) in [6.07, 6.45) is 2.54. The molecule has 1 aliphatic heterocycles. The van der Waals surface area contributed by atoms with Crippen LogP contribution in [0.2, 0.25) is 0 Å². The van der Waals surface area contributed by atoms with E-state index in [0.29, 0.717) is 18.8 Å². The van der Waals surface area contributed by atoms with Crippen LogP contribution in [0.4, 0.5) is 11.4 Å². The number of Topliss-reactive ketones (excluding diaryl/α,β-unsaturated/α-hetero) is 1. The summed E-state index contributed by atoms with van der Waals surface area (Å²) in [6.45, 7) is 1.95. The second kappa shape index (κ2) is 10.6. The second-order valence-electron chi connectivity index (χ2n) is 10.1. The summed E-state index contributed by atoms with van der Waals surface area (Å²) < 4.78 is 6.35. The summed E-state index contributed by atoms with van der Waals surface area (Å²) in [4.78, 5) is 29.2. The second-order valence-corrected chi connectivity index (χ2v) is 10.1. The molecule has 1 heterocycles. The molecule has 194 valence electrons. The number of carbonyl (C=O) groups excluding carboxylic acids is 2. The third kappa shape index (κ3) is 4.84. The van der Waals surface area contributed by atoms with E-state index in [1.807, 2.05) is 97.1 Å². The SMILES string of the molecule is CC(=O)N1c2ccccc2NC2=CC(c3ccccc3)CC(=O)C2C1c1ccccc1OCc1ccccc1. The van der Waals surface area contributed by atoms with Gasteiger partial charge in [0.2, 0.25) is 5.91 Å². The molecule has 6 rings (SSSR count). The van der Waals surface area contributed by atoms with E-state index < -0.39 is 12.0 Å². The minimum atomic E-state index is -0.568. The zero-order valence-corrected chi connectivity index (χ0v) is 21.8. The molecule has 2 aliphatic rings. The fraction of sp³-hybridized carbons (Fsp3) is 0.176. The molecule has 0 saturated carbocycles. The minimum Gasteiger partial charge on any atom is -0.489 e. The van der Waals surface area contributed by atoms with Crippen molar-refractivity contribution in [1.29, 1.82) is 0 Å². The smallest absolute Gasteiger partial charge is 0.224 e. The molecule has 1 aliphatic carbocycles. The predicted octanol–water partition coefficient (Wildman–Crippen LogP) is 7.04. The van der Waals surface area contributed by atoms with E-state index in [1.165, 1.54) is 0 Å². The van der Waals surface area contributed by atoms with Gasteiger partial charge in [-0.25, -0.2) is 0 Å². The number of fused-ring (bicyclic) bond motifs is 2. The van der Waals surface area contributed by atoms with Gasteiger partial charge in [-0.1, -0.05) is 97.1 Å². The number of allylic oxidation sites excluding steroid dienone is 1. The molecule has 0 aromatic heterocycles. The van der Waals surface area contributed by atoms with Crippen molar-refractivity contribution in [3.05, 3.63) is 138 Å². The van der Waals surface area contributed by atoms with Crippen LogP contribution in [-0.4, -0.2) is 11.7 Å². The van der Waals surface area contributed by atoms with Gasteiger partial charge >= 0.3 is 0 Å². The monoisotopic (exact) mass is 514 g/mol. The Kier molecular flexibility index (Phi) is 6.72. The van der Waals surface area contributed by atoms with Gasteiger partial charge in [0.05, 0.1) is 23.3 Å². The van der Waals surface area contributed by atoms with Crippen molar-refractivity contribution in [2.24, 2.45) is 5.92 Å². The Labute approximate surface area is 228 Å². The summed E-state index contributed by atoms with van der Waals surface area (Å²) in [5.41, 5.74) is 5.32. The standard InChI is InChI=1S/C34H30N2O3/c1-23(37)36-30-18-10-9-17-28(30)35-29-20-26(25-14-6-3-7-15-25)21-31(38)33(29)34(36)27-16-8-11-19-32(27)39-22-24-12-4-2-5-13-24/h2-20,26,33-35H,21-22H2,1H3. The summed E-state index contributed by atoms with van der Waals surface area (Å²) >= 11 is 0. The zero-order chi connectivity index (χ0) is 26.8. The van der Waals surface area contributed by atoms with Gasteiger partial charge in [0.25, 0.3) is 0 Å². The van der Waals surface area contributed by atoms with E-state index >= 15 is 0 Å². The van der Waals surface area contributed by atoms with Crippen molar-refractivity contribution < 1.29 is 14.3 Å². The maximum Gasteiger partial charge on any atom is 0.224 e. The fourth-order valence-corrected chi connectivity index (χ4v) is 5.80. The van der Waals surface area contributed by atoms with Crippen LogP contribution in [-0.2, 0) is 16.2 Å². The first-order valence-corrected chi connectivity index (χ1v) is 13.3. The highest BCUT2D eigenvalue weighted by Gasteiger charge is 2.45. The van der Waals surface area contributed by atoms with E-state index in [4.69, 9.17) is 4.74 Å². The number of para-hydroxylation sites is 3. The Hall–Kier alpha value is -4.64. The molecule has 5 heteroatoms. The number of rotatable bonds is 5.